The maximum atomic E-state index is 5.90. The van der Waals surface area contributed by atoms with Crippen LogP contribution in [0.25, 0.3) is 0 Å². The fourth-order valence-electron chi connectivity index (χ4n) is 1.81. The molecule has 0 bridgehead atoms. The van der Waals surface area contributed by atoms with E-state index < -0.39 is 0 Å². The zero-order valence-electron chi connectivity index (χ0n) is 11.6. The fraction of sp³-hybridized carbons (Fsp3) is 0.571. The van der Waals surface area contributed by atoms with Gasteiger partial charge in [-0.25, -0.2) is 0 Å². The first-order valence-corrected chi connectivity index (χ1v) is 8.42. The molecule has 18 heavy (non-hydrogen) atoms. The monoisotopic (exact) mass is 330 g/mol. The SMILES string of the molecule is CSCCC(C)N(C)c1ccc(C(C)N)cc1Br. The second-order valence-electron chi connectivity index (χ2n) is 4.74. The van der Waals surface area contributed by atoms with E-state index in [1.807, 2.05) is 18.7 Å². The summed E-state index contributed by atoms with van der Waals surface area (Å²) in [5.74, 6) is 1.20. The van der Waals surface area contributed by atoms with Crippen molar-refractivity contribution in [3.63, 3.8) is 0 Å². The van der Waals surface area contributed by atoms with E-state index in [4.69, 9.17) is 5.73 Å². The number of hydrogen-bond acceptors (Lipinski definition) is 3. The molecule has 2 unspecified atom stereocenters. The van der Waals surface area contributed by atoms with Crippen LogP contribution in [0.15, 0.2) is 22.7 Å². The second-order valence-corrected chi connectivity index (χ2v) is 6.58. The molecule has 0 heterocycles. The van der Waals surface area contributed by atoms with Crippen molar-refractivity contribution >= 4 is 33.4 Å². The molecule has 0 spiro atoms. The third kappa shape index (κ3) is 4.18. The molecule has 0 aliphatic heterocycles. The number of rotatable bonds is 6. The summed E-state index contributed by atoms with van der Waals surface area (Å²) in [5.41, 5.74) is 8.29. The summed E-state index contributed by atoms with van der Waals surface area (Å²) in [5, 5.41) is 0. The maximum Gasteiger partial charge on any atom is 0.0510 e. The van der Waals surface area contributed by atoms with Crippen molar-refractivity contribution in [2.24, 2.45) is 5.73 Å². The average molecular weight is 331 g/mol. The van der Waals surface area contributed by atoms with Gasteiger partial charge in [0.2, 0.25) is 0 Å². The lowest BCUT2D eigenvalue weighted by Gasteiger charge is -2.28. The molecule has 0 amide bonds. The second kappa shape index (κ2) is 7.41. The smallest absolute Gasteiger partial charge is 0.0510 e. The Morgan fingerprint density at radius 1 is 1.39 bits per heavy atom. The Morgan fingerprint density at radius 2 is 2.06 bits per heavy atom. The van der Waals surface area contributed by atoms with Gasteiger partial charge in [0.05, 0.1) is 5.69 Å². The molecule has 0 fully saturated rings. The van der Waals surface area contributed by atoms with E-state index in [0.717, 1.165) is 10.0 Å². The predicted molar refractivity (Wildman–Crippen MR) is 87.6 cm³/mol. The van der Waals surface area contributed by atoms with Gasteiger partial charge in [0, 0.05) is 23.6 Å². The minimum absolute atomic E-state index is 0.0783. The van der Waals surface area contributed by atoms with Crippen molar-refractivity contribution < 1.29 is 0 Å². The Kier molecular flexibility index (Phi) is 6.53. The maximum absolute atomic E-state index is 5.90. The Bertz CT molecular complexity index is 382. The Morgan fingerprint density at radius 3 is 2.56 bits per heavy atom. The molecule has 4 heteroatoms. The lowest BCUT2D eigenvalue weighted by Crippen LogP contribution is -2.29. The highest BCUT2D eigenvalue weighted by molar-refractivity contribution is 9.10. The van der Waals surface area contributed by atoms with E-state index >= 15 is 0 Å². The molecule has 1 aromatic carbocycles. The highest BCUT2D eigenvalue weighted by Gasteiger charge is 2.13. The van der Waals surface area contributed by atoms with Crippen LogP contribution < -0.4 is 10.6 Å². The third-order valence-electron chi connectivity index (χ3n) is 3.28. The predicted octanol–water partition coefficient (Wildman–Crippen LogP) is 4.05. The number of nitrogens with two attached hydrogens (primary N) is 1. The summed E-state index contributed by atoms with van der Waals surface area (Å²) >= 11 is 5.55. The molecule has 0 aliphatic carbocycles. The highest BCUT2D eigenvalue weighted by Crippen LogP contribution is 2.30. The van der Waals surface area contributed by atoms with Crippen LogP contribution in [0.1, 0.15) is 31.9 Å². The molecule has 102 valence electrons. The quantitative estimate of drug-likeness (QED) is 0.853. The van der Waals surface area contributed by atoms with Crippen LogP contribution >= 0.6 is 27.7 Å². The summed E-state index contributed by atoms with van der Waals surface area (Å²) < 4.78 is 1.12. The van der Waals surface area contributed by atoms with Crippen molar-refractivity contribution in [1.82, 2.24) is 0 Å². The van der Waals surface area contributed by atoms with E-state index in [1.54, 1.807) is 0 Å². The summed E-state index contributed by atoms with van der Waals surface area (Å²) in [4.78, 5) is 2.32. The van der Waals surface area contributed by atoms with Gasteiger partial charge in [0.1, 0.15) is 0 Å². The Labute approximate surface area is 123 Å². The van der Waals surface area contributed by atoms with Crippen LogP contribution in [0.2, 0.25) is 0 Å². The lowest BCUT2D eigenvalue weighted by atomic mass is 10.1. The van der Waals surface area contributed by atoms with Gasteiger partial charge in [-0.05, 0) is 65.9 Å². The molecular formula is C14H23BrN2S. The van der Waals surface area contributed by atoms with Crippen molar-refractivity contribution in [2.75, 3.05) is 24.0 Å². The van der Waals surface area contributed by atoms with Crippen LogP contribution in [-0.4, -0.2) is 25.1 Å². The van der Waals surface area contributed by atoms with Gasteiger partial charge < -0.3 is 10.6 Å². The zero-order valence-corrected chi connectivity index (χ0v) is 14.0. The summed E-state index contributed by atoms with van der Waals surface area (Å²) in [7, 11) is 2.15. The first kappa shape index (κ1) is 15.9. The molecule has 2 nitrogen and oxygen atoms in total. The summed E-state index contributed by atoms with van der Waals surface area (Å²) in [6.07, 6.45) is 3.35. The molecule has 0 radical (unpaired) electrons. The van der Waals surface area contributed by atoms with E-state index in [-0.39, 0.29) is 6.04 Å². The van der Waals surface area contributed by atoms with Gasteiger partial charge in [-0.1, -0.05) is 6.07 Å². The molecule has 0 aliphatic rings. The number of nitrogens with zero attached hydrogens (tertiary/aromatic N) is 1. The van der Waals surface area contributed by atoms with E-state index in [9.17, 15) is 0 Å². The number of hydrogen-bond donors (Lipinski definition) is 1. The van der Waals surface area contributed by atoms with Gasteiger partial charge in [0.15, 0.2) is 0 Å². The number of anilines is 1. The molecule has 2 atom stereocenters. The van der Waals surface area contributed by atoms with Crippen LogP contribution in [0.5, 0.6) is 0 Å². The summed E-state index contributed by atoms with van der Waals surface area (Å²) in [6.45, 7) is 4.27. The summed E-state index contributed by atoms with van der Waals surface area (Å²) in [6, 6.07) is 7.00. The Hall–Kier alpha value is -0.190. The number of halogens is 1. The lowest BCUT2D eigenvalue weighted by molar-refractivity contribution is 0.668. The first-order chi connectivity index (χ1) is 8.47. The van der Waals surface area contributed by atoms with Gasteiger partial charge in [-0.3, -0.25) is 0 Å². The van der Waals surface area contributed by atoms with E-state index in [1.165, 1.54) is 17.9 Å². The Balaban J connectivity index is 2.82. The third-order valence-corrected chi connectivity index (χ3v) is 4.56. The van der Waals surface area contributed by atoms with Crippen molar-refractivity contribution in [1.29, 1.82) is 0 Å². The highest BCUT2D eigenvalue weighted by atomic mass is 79.9. The van der Waals surface area contributed by atoms with Gasteiger partial charge in [0.25, 0.3) is 0 Å². The molecule has 1 rings (SSSR count). The van der Waals surface area contributed by atoms with Gasteiger partial charge in [-0.2, -0.15) is 11.8 Å². The first-order valence-electron chi connectivity index (χ1n) is 6.24. The average Bonchev–Trinajstić information content (AvgIpc) is 2.34. The van der Waals surface area contributed by atoms with E-state index in [0.29, 0.717) is 6.04 Å². The molecule has 0 saturated carbocycles. The van der Waals surface area contributed by atoms with Crippen LogP contribution in [0, 0.1) is 0 Å². The van der Waals surface area contributed by atoms with Crippen molar-refractivity contribution in [2.45, 2.75) is 32.4 Å². The fourth-order valence-corrected chi connectivity index (χ4v) is 3.06. The molecular weight excluding hydrogens is 308 g/mol. The van der Waals surface area contributed by atoms with Crippen LogP contribution in [0.3, 0.4) is 0 Å². The molecule has 0 aromatic heterocycles. The largest absolute Gasteiger partial charge is 0.371 e. The normalized spacial score (nSPS) is 14.3. The molecule has 0 saturated heterocycles. The van der Waals surface area contributed by atoms with Crippen molar-refractivity contribution in [3.05, 3.63) is 28.2 Å². The standard InChI is InChI=1S/C14H23BrN2S/c1-10(7-8-18-4)17(3)14-6-5-12(11(2)16)9-13(14)15/h5-6,9-11H,7-8,16H2,1-4H3. The molecule has 1 aromatic rings. The van der Waals surface area contributed by atoms with Crippen LogP contribution in [0.4, 0.5) is 5.69 Å². The van der Waals surface area contributed by atoms with Crippen LogP contribution in [-0.2, 0) is 0 Å². The minimum atomic E-state index is 0.0783. The topological polar surface area (TPSA) is 29.3 Å². The van der Waals surface area contributed by atoms with Crippen molar-refractivity contribution in [3.8, 4) is 0 Å². The number of benzene rings is 1. The van der Waals surface area contributed by atoms with Gasteiger partial charge in [-0.15, -0.1) is 0 Å². The van der Waals surface area contributed by atoms with Gasteiger partial charge >= 0.3 is 0 Å². The molecule has 2 N–H and O–H groups in total. The number of thioether (sulfide) groups is 1. The zero-order chi connectivity index (χ0) is 13.7. The van der Waals surface area contributed by atoms with E-state index in [2.05, 4.69) is 59.3 Å². The minimum Gasteiger partial charge on any atom is -0.371 e.